The first-order chi connectivity index (χ1) is 6.81. The van der Waals surface area contributed by atoms with Gasteiger partial charge in [0.15, 0.2) is 0 Å². The molecule has 0 unspecified atom stereocenters. The van der Waals surface area contributed by atoms with Crippen LogP contribution in [0, 0.1) is 0 Å². The Morgan fingerprint density at radius 1 is 1.29 bits per heavy atom. The molecule has 0 saturated carbocycles. The fraction of sp³-hybridized carbons (Fsp3) is 0.100. The maximum Gasteiger partial charge on any atom is 0.111 e. The molecule has 0 aliphatic rings. The van der Waals surface area contributed by atoms with Gasteiger partial charge in [-0.1, -0.05) is 24.3 Å². The number of imidazole rings is 1. The van der Waals surface area contributed by atoms with E-state index in [0.717, 1.165) is 16.8 Å². The van der Waals surface area contributed by atoms with E-state index in [1.54, 1.807) is 12.5 Å². The first kappa shape index (κ1) is 9.24. The second-order valence-corrected chi connectivity index (χ2v) is 3.36. The summed E-state index contributed by atoms with van der Waals surface area (Å²) in [7, 11) is 0. The van der Waals surface area contributed by atoms with Crippen molar-refractivity contribution in [1.29, 1.82) is 0 Å². The Bertz CT molecular complexity index is 419. The molecule has 0 bridgehead atoms. The molecule has 14 heavy (non-hydrogen) atoms. The van der Waals surface area contributed by atoms with Crippen molar-refractivity contribution < 1.29 is 0 Å². The fourth-order valence-corrected chi connectivity index (χ4v) is 1.48. The molecule has 4 heteroatoms. The van der Waals surface area contributed by atoms with Gasteiger partial charge in [-0.05, 0) is 5.56 Å². The predicted octanol–water partition coefficient (Wildman–Crippen LogP) is 2.01. The minimum Gasteiger partial charge on any atom is -0.326 e. The van der Waals surface area contributed by atoms with Gasteiger partial charge in [-0.25, -0.2) is 9.07 Å². The van der Waals surface area contributed by atoms with Gasteiger partial charge in [0.25, 0.3) is 0 Å². The summed E-state index contributed by atoms with van der Waals surface area (Å²) < 4.78 is 1.47. The highest BCUT2D eigenvalue weighted by Crippen LogP contribution is 2.19. The number of benzene rings is 1. The topological polar surface area (TPSA) is 43.8 Å². The van der Waals surface area contributed by atoms with Crippen LogP contribution in [0.25, 0.3) is 11.3 Å². The Kier molecular flexibility index (Phi) is 2.52. The van der Waals surface area contributed by atoms with Gasteiger partial charge < -0.3 is 5.73 Å². The smallest absolute Gasteiger partial charge is 0.111 e. The van der Waals surface area contributed by atoms with Crippen LogP contribution >= 0.6 is 11.8 Å². The van der Waals surface area contributed by atoms with Gasteiger partial charge in [0, 0.05) is 23.9 Å². The van der Waals surface area contributed by atoms with Crippen LogP contribution in [-0.2, 0) is 6.54 Å². The molecule has 72 valence electrons. The van der Waals surface area contributed by atoms with Crippen molar-refractivity contribution in [3.05, 3.63) is 42.4 Å². The number of halogens is 1. The molecule has 2 aromatic rings. The molecule has 0 amide bonds. The number of rotatable bonds is 2. The Morgan fingerprint density at radius 3 is 2.50 bits per heavy atom. The molecule has 0 fully saturated rings. The highest BCUT2D eigenvalue weighted by Gasteiger charge is 2.02. The summed E-state index contributed by atoms with van der Waals surface area (Å²) in [5.74, 6) is 0. The molecule has 1 aromatic heterocycles. The van der Waals surface area contributed by atoms with E-state index >= 15 is 0 Å². The van der Waals surface area contributed by atoms with Crippen molar-refractivity contribution in [3.8, 4) is 11.3 Å². The zero-order chi connectivity index (χ0) is 9.97. The molecule has 1 heterocycles. The van der Waals surface area contributed by atoms with Gasteiger partial charge in [-0.15, -0.1) is 0 Å². The van der Waals surface area contributed by atoms with Crippen molar-refractivity contribution in [3.63, 3.8) is 0 Å². The Balaban J connectivity index is 2.39. The quantitative estimate of drug-likeness (QED) is 0.819. The number of hydrogen-bond donors (Lipinski definition) is 1. The van der Waals surface area contributed by atoms with Crippen molar-refractivity contribution in [2.45, 2.75) is 6.54 Å². The van der Waals surface area contributed by atoms with Crippen LogP contribution in [0.1, 0.15) is 5.56 Å². The summed E-state index contributed by atoms with van der Waals surface area (Å²) >= 11 is 5.88. The van der Waals surface area contributed by atoms with E-state index in [4.69, 9.17) is 17.5 Å². The third-order valence-electron chi connectivity index (χ3n) is 2.08. The third-order valence-corrected chi connectivity index (χ3v) is 2.35. The minimum atomic E-state index is 0.556. The Labute approximate surface area is 87.2 Å². The normalized spacial score (nSPS) is 10.4. The lowest BCUT2D eigenvalue weighted by atomic mass is 10.1. The summed E-state index contributed by atoms with van der Waals surface area (Å²) in [4.78, 5) is 3.95. The maximum absolute atomic E-state index is 5.88. The van der Waals surface area contributed by atoms with Crippen molar-refractivity contribution in [2.24, 2.45) is 5.73 Å². The molecule has 0 atom stereocenters. The van der Waals surface area contributed by atoms with Crippen LogP contribution in [0.3, 0.4) is 0 Å². The van der Waals surface area contributed by atoms with Crippen LogP contribution in [0.15, 0.2) is 36.8 Å². The Hall–Kier alpha value is -1.32. The molecule has 0 aliphatic heterocycles. The molecule has 2 N–H and O–H groups in total. The van der Waals surface area contributed by atoms with Crippen LogP contribution < -0.4 is 5.73 Å². The zero-order valence-electron chi connectivity index (χ0n) is 7.52. The van der Waals surface area contributed by atoms with Gasteiger partial charge in [-0.2, -0.15) is 0 Å². The average molecular weight is 208 g/mol. The first-order valence-electron chi connectivity index (χ1n) is 4.29. The summed E-state index contributed by atoms with van der Waals surface area (Å²) in [6.45, 7) is 0.556. The van der Waals surface area contributed by atoms with Gasteiger partial charge in [0.2, 0.25) is 0 Å². The van der Waals surface area contributed by atoms with E-state index in [-0.39, 0.29) is 0 Å². The lowest BCUT2D eigenvalue weighted by Gasteiger charge is -2.01. The van der Waals surface area contributed by atoms with E-state index in [1.807, 2.05) is 24.3 Å². The molecule has 0 radical (unpaired) electrons. The van der Waals surface area contributed by atoms with Crippen LogP contribution in [0.5, 0.6) is 0 Å². The zero-order valence-corrected chi connectivity index (χ0v) is 8.28. The van der Waals surface area contributed by atoms with Gasteiger partial charge in [0.1, 0.15) is 6.33 Å². The summed E-state index contributed by atoms with van der Waals surface area (Å²) in [5.41, 5.74) is 8.53. The van der Waals surface area contributed by atoms with E-state index < -0.39 is 0 Å². The highest BCUT2D eigenvalue weighted by molar-refractivity contribution is 6.16. The number of hydrogen-bond acceptors (Lipinski definition) is 2. The first-order valence-corrected chi connectivity index (χ1v) is 4.63. The molecule has 1 aromatic carbocycles. The second-order valence-electron chi connectivity index (χ2n) is 2.99. The minimum absolute atomic E-state index is 0.556. The summed E-state index contributed by atoms with van der Waals surface area (Å²) in [5, 5.41) is 0. The van der Waals surface area contributed by atoms with Crippen LogP contribution in [-0.4, -0.2) is 9.07 Å². The second kappa shape index (κ2) is 3.82. The van der Waals surface area contributed by atoms with Gasteiger partial charge >= 0.3 is 0 Å². The summed E-state index contributed by atoms with van der Waals surface area (Å²) in [6.07, 6.45) is 3.29. The predicted molar refractivity (Wildman–Crippen MR) is 56.8 cm³/mol. The summed E-state index contributed by atoms with van der Waals surface area (Å²) in [6, 6.07) is 7.94. The molecular weight excluding hydrogens is 198 g/mol. The monoisotopic (exact) mass is 207 g/mol. The largest absolute Gasteiger partial charge is 0.326 e. The molecule has 0 spiro atoms. The van der Waals surface area contributed by atoms with Crippen LogP contribution in [0.4, 0.5) is 0 Å². The standard InChI is InChI=1S/C10H10ClN3/c11-14-7-13-6-10(14)9-3-1-8(5-12)2-4-9/h1-4,6-7H,5,12H2. The number of aromatic nitrogens is 2. The molecule has 3 nitrogen and oxygen atoms in total. The van der Waals surface area contributed by atoms with E-state index in [1.165, 1.54) is 4.09 Å². The molecular formula is C10H10ClN3. The van der Waals surface area contributed by atoms with Crippen LogP contribution in [0.2, 0.25) is 0 Å². The fourth-order valence-electron chi connectivity index (χ4n) is 1.29. The van der Waals surface area contributed by atoms with Crippen molar-refractivity contribution in [2.75, 3.05) is 0 Å². The van der Waals surface area contributed by atoms with E-state index in [0.29, 0.717) is 6.54 Å². The van der Waals surface area contributed by atoms with Crippen molar-refractivity contribution >= 4 is 11.8 Å². The molecule has 0 saturated heterocycles. The number of nitrogens with two attached hydrogens (primary N) is 1. The molecule has 2 rings (SSSR count). The SMILES string of the molecule is NCc1ccc(-c2cncn2Cl)cc1. The van der Waals surface area contributed by atoms with E-state index in [2.05, 4.69) is 4.98 Å². The average Bonchev–Trinajstić information content (AvgIpc) is 2.65. The van der Waals surface area contributed by atoms with Crippen molar-refractivity contribution in [1.82, 2.24) is 9.07 Å². The lowest BCUT2D eigenvalue weighted by molar-refractivity contribution is 1.07. The highest BCUT2D eigenvalue weighted by atomic mass is 35.5. The van der Waals surface area contributed by atoms with E-state index in [9.17, 15) is 0 Å². The Morgan fingerprint density at radius 2 is 2.00 bits per heavy atom. The maximum atomic E-state index is 5.88. The van der Waals surface area contributed by atoms with Gasteiger partial charge in [0.05, 0.1) is 11.9 Å². The van der Waals surface area contributed by atoms with Gasteiger partial charge in [-0.3, -0.25) is 0 Å². The lowest BCUT2D eigenvalue weighted by Crippen LogP contribution is -1.95. The molecule has 0 aliphatic carbocycles. The number of nitrogens with zero attached hydrogens (tertiary/aromatic N) is 2. The third kappa shape index (κ3) is 1.64.